The number of aldehydes is 1. The largest absolute Gasteiger partial charge is 0.340 e. The standard InChI is InChI=1S/C21H17NO/c1-2-22-20-11-7-6-10-17(20)19-13-15(14-23)12-18(21(19)22)16-8-4-3-5-9-16/h3-14H,2H2,1H3. The second kappa shape index (κ2) is 5.40. The van der Waals surface area contributed by atoms with Crippen LogP contribution in [-0.2, 0) is 6.54 Å². The third kappa shape index (κ3) is 2.07. The van der Waals surface area contributed by atoms with E-state index in [0.717, 1.165) is 34.9 Å². The Morgan fingerprint density at radius 3 is 2.39 bits per heavy atom. The third-order valence-electron chi connectivity index (χ3n) is 4.42. The van der Waals surface area contributed by atoms with E-state index in [1.807, 2.05) is 30.3 Å². The van der Waals surface area contributed by atoms with E-state index in [1.165, 1.54) is 16.4 Å². The SMILES string of the molecule is CCn1c2ccccc2c2cc(C=O)cc(-c3ccccc3)c21. The Hall–Kier alpha value is -2.87. The van der Waals surface area contributed by atoms with E-state index in [4.69, 9.17) is 0 Å². The number of carbonyl (C=O) groups excluding carboxylic acids is 1. The normalized spacial score (nSPS) is 11.2. The van der Waals surface area contributed by atoms with Gasteiger partial charge in [0, 0.05) is 34.0 Å². The van der Waals surface area contributed by atoms with Crippen LogP contribution in [0.3, 0.4) is 0 Å². The molecule has 0 atom stereocenters. The molecule has 2 nitrogen and oxygen atoms in total. The molecule has 23 heavy (non-hydrogen) atoms. The van der Waals surface area contributed by atoms with Gasteiger partial charge in [0.2, 0.25) is 0 Å². The highest BCUT2D eigenvalue weighted by atomic mass is 16.1. The molecule has 0 radical (unpaired) electrons. The Morgan fingerprint density at radius 2 is 1.65 bits per heavy atom. The summed E-state index contributed by atoms with van der Waals surface area (Å²) in [5.41, 5.74) is 5.38. The minimum Gasteiger partial charge on any atom is -0.340 e. The van der Waals surface area contributed by atoms with E-state index >= 15 is 0 Å². The molecular formula is C21H17NO. The third-order valence-corrected chi connectivity index (χ3v) is 4.42. The van der Waals surface area contributed by atoms with Gasteiger partial charge in [0.15, 0.2) is 0 Å². The van der Waals surface area contributed by atoms with Gasteiger partial charge in [-0.15, -0.1) is 0 Å². The maximum absolute atomic E-state index is 11.4. The minimum absolute atomic E-state index is 0.718. The first-order valence-electron chi connectivity index (χ1n) is 7.89. The summed E-state index contributed by atoms with van der Waals surface area (Å²) in [6.07, 6.45) is 0.934. The Morgan fingerprint density at radius 1 is 0.913 bits per heavy atom. The zero-order chi connectivity index (χ0) is 15.8. The molecule has 0 amide bonds. The first kappa shape index (κ1) is 13.8. The Kier molecular flexibility index (Phi) is 3.23. The summed E-state index contributed by atoms with van der Waals surface area (Å²) in [7, 11) is 0. The van der Waals surface area contributed by atoms with E-state index in [9.17, 15) is 4.79 Å². The zero-order valence-electron chi connectivity index (χ0n) is 13.0. The maximum Gasteiger partial charge on any atom is 0.150 e. The van der Waals surface area contributed by atoms with Crippen molar-refractivity contribution in [3.63, 3.8) is 0 Å². The summed E-state index contributed by atoms with van der Waals surface area (Å²) in [6.45, 7) is 3.05. The molecule has 0 unspecified atom stereocenters. The fraction of sp³-hybridized carbons (Fsp3) is 0.0952. The predicted octanol–water partition coefficient (Wildman–Crippen LogP) is 5.29. The number of benzene rings is 3. The number of nitrogens with zero attached hydrogens (tertiary/aromatic N) is 1. The van der Waals surface area contributed by atoms with Gasteiger partial charge in [-0.3, -0.25) is 4.79 Å². The topological polar surface area (TPSA) is 22.0 Å². The number of aryl methyl sites for hydroxylation is 1. The van der Waals surface area contributed by atoms with Gasteiger partial charge in [-0.25, -0.2) is 0 Å². The van der Waals surface area contributed by atoms with Crippen LogP contribution in [0.5, 0.6) is 0 Å². The molecule has 0 aliphatic heterocycles. The van der Waals surface area contributed by atoms with Crippen LogP contribution in [0.4, 0.5) is 0 Å². The van der Waals surface area contributed by atoms with Crippen molar-refractivity contribution in [2.45, 2.75) is 13.5 Å². The molecule has 0 saturated carbocycles. The summed E-state index contributed by atoms with van der Waals surface area (Å²) in [5, 5.41) is 2.34. The molecule has 4 rings (SSSR count). The van der Waals surface area contributed by atoms with Crippen molar-refractivity contribution in [2.24, 2.45) is 0 Å². The number of fused-ring (bicyclic) bond motifs is 3. The highest BCUT2D eigenvalue weighted by molar-refractivity contribution is 6.14. The number of para-hydroxylation sites is 1. The molecule has 0 fully saturated rings. The summed E-state index contributed by atoms with van der Waals surface area (Å²) >= 11 is 0. The van der Waals surface area contributed by atoms with E-state index in [2.05, 4.69) is 47.9 Å². The summed E-state index contributed by atoms with van der Waals surface area (Å²) in [5.74, 6) is 0. The molecule has 1 heterocycles. The van der Waals surface area contributed by atoms with E-state index in [-0.39, 0.29) is 0 Å². The smallest absolute Gasteiger partial charge is 0.150 e. The van der Waals surface area contributed by atoms with E-state index < -0.39 is 0 Å². The predicted molar refractivity (Wildman–Crippen MR) is 95.9 cm³/mol. The van der Waals surface area contributed by atoms with Crippen LogP contribution >= 0.6 is 0 Å². The van der Waals surface area contributed by atoms with Crippen molar-refractivity contribution in [1.29, 1.82) is 0 Å². The second-order valence-electron chi connectivity index (χ2n) is 5.71. The quantitative estimate of drug-likeness (QED) is 0.471. The first-order valence-corrected chi connectivity index (χ1v) is 7.89. The fourth-order valence-corrected chi connectivity index (χ4v) is 3.44. The summed E-state index contributed by atoms with van der Waals surface area (Å²) < 4.78 is 2.33. The van der Waals surface area contributed by atoms with Crippen molar-refractivity contribution in [2.75, 3.05) is 0 Å². The lowest BCUT2D eigenvalue weighted by molar-refractivity contribution is 0.112. The van der Waals surface area contributed by atoms with Gasteiger partial charge in [-0.1, -0.05) is 48.5 Å². The summed E-state index contributed by atoms with van der Waals surface area (Å²) in [6, 6.07) is 22.7. The number of aromatic nitrogens is 1. The van der Waals surface area contributed by atoms with Gasteiger partial charge in [0.05, 0.1) is 5.52 Å². The van der Waals surface area contributed by atoms with Gasteiger partial charge < -0.3 is 4.57 Å². The maximum atomic E-state index is 11.4. The molecule has 2 heteroatoms. The van der Waals surface area contributed by atoms with Crippen molar-refractivity contribution >= 4 is 28.1 Å². The van der Waals surface area contributed by atoms with Crippen LogP contribution in [0.25, 0.3) is 32.9 Å². The minimum atomic E-state index is 0.718. The monoisotopic (exact) mass is 299 g/mol. The lowest BCUT2D eigenvalue weighted by Crippen LogP contribution is -1.96. The highest BCUT2D eigenvalue weighted by Crippen LogP contribution is 2.36. The van der Waals surface area contributed by atoms with Crippen molar-refractivity contribution in [1.82, 2.24) is 4.57 Å². The molecule has 0 N–H and O–H groups in total. The van der Waals surface area contributed by atoms with Crippen molar-refractivity contribution in [3.8, 4) is 11.1 Å². The van der Waals surface area contributed by atoms with Crippen LogP contribution in [0.1, 0.15) is 17.3 Å². The summed E-state index contributed by atoms with van der Waals surface area (Å²) in [4.78, 5) is 11.4. The van der Waals surface area contributed by atoms with Crippen LogP contribution < -0.4 is 0 Å². The van der Waals surface area contributed by atoms with Gasteiger partial charge >= 0.3 is 0 Å². The lowest BCUT2D eigenvalue weighted by Gasteiger charge is -2.10. The molecule has 0 aliphatic rings. The molecule has 4 aromatic rings. The number of rotatable bonds is 3. The van der Waals surface area contributed by atoms with Gasteiger partial charge in [-0.2, -0.15) is 0 Å². The Labute approximate surface area is 135 Å². The molecule has 0 bridgehead atoms. The second-order valence-corrected chi connectivity index (χ2v) is 5.71. The molecule has 3 aromatic carbocycles. The molecule has 1 aromatic heterocycles. The van der Waals surface area contributed by atoms with Crippen LogP contribution in [0.15, 0.2) is 66.7 Å². The van der Waals surface area contributed by atoms with Crippen molar-refractivity contribution < 1.29 is 4.79 Å². The fourth-order valence-electron chi connectivity index (χ4n) is 3.44. The lowest BCUT2D eigenvalue weighted by atomic mass is 9.99. The van der Waals surface area contributed by atoms with Crippen LogP contribution in [0, 0.1) is 0 Å². The molecule has 0 saturated heterocycles. The van der Waals surface area contributed by atoms with Crippen molar-refractivity contribution in [3.05, 3.63) is 72.3 Å². The van der Waals surface area contributed by atoms with E-state index in [0.29, 0.717) is 0 Å². The van der Waals surface area contributed by atoms with Crippen LogP contribution in [0.2, 0.25) is 0 Å². The number of hydrogen-bond donors (Lipinski definition) is 0. The molecular weight excluding hydrogens is 282 g/mol. The molecule has 0 spiro atoms. The molecule has 0 aliphatic carbocycles. The van der Waals surface area contributed by atoms with E-state index in [1.54, 1.807) is 0 Å². The average Bonchev–Trinajstić information content (AvgIpc) is 2.95. The van der Waals surface area contributed by atoms with Crippen LogP contribution in [-0.4, -0.2) is 10.9 Å². The Balaban J connectivity index is 2.23. The Bertz CT molecular complexity index is 1010. The number of hydrogen-bond acceptors (Lipinski definition) is 1. The highest BCUT2D eigenvalue weighted by Gasteiger charge is 2.15. The van der Waals surface area contributed by atoms with Gasteiger partial charge in [0.25, 0.3) is 0 Å². The zero-order valence-corrected chi connectivity index (χ0v) is 13.0. The number of carbonyl (C=O) groups is 1. The first-order chi connectivity index (χ1) is 11.3. The van der Waals surface area contributed by atoms with Gasteiger partial charge in [-0.05, 0) is 30.7 Å². The average molecular weight is 299 g/mol. The van der Waals surface area contributed by atoms with Gasteiger partial charge in [0.1, 0.15) is 6.29 Å². The molecule has 112 valence electrons.